The van der Waals surface area contributed by atoms with Crippen LogP contribution in [0.4, 0.5) is 0 Å². The third kappa shape index (κ3) is 2.20. The Kier molecular flexibility index (Phi) is 4.33. The van der Waals surface area contributed by atoms with Crippen LogP contribution in [0, 0.1) is 5.41 Å². The fourth-order valence-corrected chi connectivity index (χ4v) is 2.21. The molecule has 16 heavy (non-hydrogen) atoms. The number of carboxylic acids is 1. The molecule has 1 aliphatic rings. The van der Waals surface area contributed by atoms with Gasteiger partial charge in [0, 0.05) is 13.1 Å². The predicted octanol–water partition coefficient (Wildman–Crippen LogP) is 1.89. The molecule has 1 N–H and O–H groups in total. The molecular formula is C12H21NO3. The van der Waals surface area contributed by atoms with E-state index < -0.39 is 11.4 Å². The number of hydrogen-bond acceptors (Lipinski definition) is 2. The Morgan fingerprint density at radius 2 is 1.69 bits per heavy atom. The summed E-state index contributed by atoms with van der Waals surface area (Å²) in [4.78, 5) is 25.1. The normalized spacial score (nSPS) is 17.6. The molecule has 0 spiro atoms. The first-order valence-electron chi connectivity index (χ1n) is 6.11. The highest BCUT2D eigenvalue weighted by atomic mass is 16.4. The number of carbonyl (C=O) groups excluding carboxylic acids is 1. The Labute approximate surface area is 96.6 Å². The molecule has 1 aliphatic carbocycles. The molecule has 1 rings (SSSR count). The van der Waals surface area contributed by atoms with Crippen molar-refractivity contribution in [2.24, 2.45) is 5.41 Å². The first kappa shape index (κ1) is 13.0. The lowest BCUT2D eigenvalue weighted by Gasteiger charge is -2.40. The smallest absolute Gasteiger partial charge is 0.319 e. The van der Waals surface area contributed by atoms with Crippen LogP contribution < -0.4 is 0 Å². The van der Waals surface area contributed by atoms with Crippen LogP contribution in [0.2, 0.25) is 0 Å². The zero-order chi connectivity index (χ0) is 12.2. The fourth-order valence-electron chi connectivity index (χ4n) is 2.21. The number of aliphatic carboxylic acids is 1. The van der Waals surface area contributed by atoms with Gasteiger partial charge >= 0.3 is 5.97 Å². The fraction of sp³-hybridized carbons (Fsp3) is 0.833. The van der Waals surface area contributed by atoms with Crippen molar-refractivity contribution in [3.05, 3.63) is 0 Å². The molecule has 0 bridgehead atoms. The molecule has 0 aromatic rings. The first-order valence-corrected chi connectivity index (χ1v) is 6.11. The Morgan fingerprint density at radius 1 is 1.19 bits per heavy atom. The van der Waals surface area contributed by atoms with Crippen molar-refractivity contribution in [3.63, 3.8) is 0 Å². The van der Waals surface area contributed by atoms with E-state index in [1.54, 1.807) is 4.90 Å². The number of hydrogen-bond donors (Lipinski definition) is 1. The van der Waals surface area contributed by atoms with Gasteiger partial charge in [0.2, 0.25) is 5.91 Å². The number of amides is 1. The number of carbonyl (C=O) groups is 2. The van der Waals surface area contributed by atoms with Crippen molar-refractivity contribution in [3.8, 4) is 0 Å². The first-order chi connectivity index (χ1) is 7.58. The molecule has 0 unspecified atom stereocenters. The van der Waals surface area contributed by atoms with Crippen molar-refractivity contribution in [2.75, 3.05) is 13.1 Å². The Morgan fingerprint density at radius 3 is 1.94 bits per heavy atom. The van der Waals surface area contributed by atoms with E-state index in [-0.39, 0.29) is 5.91 Å². The minimum Gasteiger partial charge on any atom is -0.480 e. The van der Waals surface area contributed by atoms with Gasteiger partial charge in [-0.2, -0.15) is 0 Å². The summed E-state index contributed by atoms with van der Waals surface area (Å²) in [6.45, 7) is 5.34. The molecule has 0 aromatic heterocycles. The molecule has 4 heteroatoms. The number of carboxylic acid groups (broad SMARTS) is 1. The zero-order valence-electron chi connectivity index (χ0n) is 10.2. The molecule has 0 atom stereocenters. The van der Waals surface area contributed by atoms with Gasteiger partial charge in [0.15, 0.2) is 0 Å². The molecule has 0 aromatic carbocycles. The second kappa shape index (κ2) is 5.32. The third-order valence-electron chi connectivity index (χ3n) is 3.30. The molecule has 92 valence electrons. The summed E-state index contributed by atoms with van der Waals surface area (Å²) in [6.07, 6.45) is 3.61. The maximum atomic E-state index is 12.2. The van der Waals surface area contributed by atoms with Gasteiger partial charge in [-0.05, 0) is 25.7 Å². The molecular weight excluding hydrogens is 206 g/mol. The Hall–Kier alpha value is -1.06. The Bertz CT molecular complexity index is 265. The van der Waals surface area contributed by atoms with E-state index in [0.29, 0.717) is 25.9 Å². The van der Waals surface area contributed by atoms with Crippen LogP contribution in [0.15, 0.2) is 0 Å². The summed E-state index contributed by atoms with van der Waals surface area (Å²) in [6, 6.07) is 0. The maximum Gasteiger partial charge on any atom is 0.319 e. The van der Waals surface area contributed by atoms with Gasteiger partial charge in [0.05, 0.1) is 0 Å². The minimum absolute atomic E-state index is 0.171. The summed E-state index contributed by atoms with van der Waals surface area (Å²) in [7, 11) is 0. The quantitative estimate of drug-likeness (QED) is 0.705. The third-order valence-corrected chi connectivity index (χ3v) is 3.30. The van der Waals surface area contributed by atoms with Gasteiger partial charge in [-0.1, -0.05) is 20.3 Å². The van der Waals surface area contributed by atoms with Crippen LogP contribution in [-0.2, 0) is 9.59 Å². The zero-order valence-corrected chi connectivity index (χ0v) is 10.2. The van der Waals surface area contributed by atoms with Gasteiger partial charge in [-0.25, -0.2) is 0 Å². The molecule has 1 fully saturated rings. The van der Waals surface area contributed by atoms with E-state index >= 15 is 0 Å². The lowest BCUT2D eigenvalue weighted by molar-refractivity contribution is -0.167. The standard InChI is InChI=1S/C12H21NO3/c1-3-8-13(9-4-2)10(14)12(11(15)16)6-5-7-12/h3-9H2,1-2H3,(H,15,16). The number of nitrogens with zero attached hydrogens (tertiary/aromatic N) is 1. The van der Waals surface area contributed by atoms with Gasteiger partial charge in [0.25, 0.3) is 0 Å². The van der Waals surface area contributed by atoms with E-state index in [9.17, 15) is 14.7 Å². The highest BCUT2D eigenvalue weighted by Gasteiger charge is 2.52. The lowest BCUT2D eigenvalue weighted by Crippen LogP contribution is -2.53. The van der Waals surface area contributed by atoms with E-state index in [4.69, 9.17) is 0 Å². The summed E-state index contributed by atoms with van der Waals surface area (Å²) in [5, 5.41) is 9.19. The summed E-state index contributed by atoms with van der Waals surface area (Å²) < 4.78 is 0. The van der Waals surface area contributed by atoms with Crippen LogP contribution in [0.1, 0.15) is 46.0 Å². The van der Waals surface area contributed by atoms with Crippen molar-refractivity contribution in [2.45, 2.75) is 46.0 Å². The summed E-state index contributed by atoms with van der Waals surface area (Å²) in [5.74, 6) is -1.11. The maximum absolute atomic E-state index is 12.2. The largest absolute Gasteiger partial charge is 0.480 e. The highest BCUT2D eigenvalue weighted by molar-refractivity contribution is 6.02. The van der Waals surface area contributed by atoms with Gasteiger partial charge in [0.1, 0.15) is 5.41 Å². The molecule has 0 saturated heterocycles. The summed E-state index contributed by atoms with van der Waals surface area (Å²) >= 11 is 0. The topological polar surface area (TPSA) is 57.6 Å². The van der Waals surface area contributed by atoms with Crippen LogP contribution in [0.25, 0.3) is 0 Å². The summed E-state index contributed by atoms with van der Waals surface area (Å²) in [5.41, 5.74) is -1.09. The van der Waals surface area contributed by atoms with Crippen LogP contribution in [-0.4, -0.2) is 35.0 Å². The molecule has 1 amide bonds. The second-order valence-electron chi connectivity index (χ2n) is 4.53. The second-order valence-corrected chi connectivity index (χ2v) is 4.53. The van der Waals surface area contributed by atoms with E-state index in [0.717, 1.165) is 19.3 Å². The van der Waals surface area contributed by atoms with Gasteiger partial charge < -0.3 is 10.0 Å². The van der Waals surface area contributed by atoms with E-state index in [1.807, 2.05) is 13.8 Å². The van der Waals surface area contributed by atoms with Crippen molar-refractivity contribution in [1.29, 1.82) is 0 Å². The predicted molar refractivity (Wildman–Crippen MR) is 61.1 cm³/mol. The SMILES string of the molecule is CCCN(CCC)C(=O)C1(C(=O)O)CCC1. The van der Waals surface area contributed by atoms with Crippen LogP contribution in [0.5, 0.6) is 0 Å². The Balaban J connectivity index is 2.75. The highest BCUT2D eigenvalue weighted by Crippen LogP contribution is 2.42. The average Bonchev–Trinajstić information content (AvgIpc) is 2.14. The average molecular weight is 227 g/mol. The van der Waals surface area contributed by atoms with Gasteiger partial charge in [-0.15, -0.1) is 0 Å². The van der Waals surface area contributed by atoms with E-state index in [1.165, 1.54) is 0 Å². The van der Waals surface area contributed by atoms with Gasteiger partial charge in [-0.3, -0.25) is 9.59 Å². The van der Waals surface area contributed by atoms with Crippen molar-refractivity contribution < 1.29 is 14.7 Å². The molecule has 4 nitrogen and oxygen atoms in total. The minimum atomic E-state index is -1.09. The van der Waals surface area contributed by atoms with Crippen molar-refractivity contribution >= 4 is 11.9 Å². The molecule has 0 radical (unpaired) electrons. The lowest BCUT2D eigenvalue weighted by atomic mass is 9.67. The molecule has 1 saturated carbocycles. The monoisotopic (exact) mass is 227 g/mol. The van der Waals surface area contributed by atoms with Crippen LogP contribution >= 0.6 is 0 Å². The molecule has 0 aliphatic heterocycles. The van der Waals surface area contributed by atoms with Crippen molar-refractivity contribution in [1.82, 2.24) is 4.90 Å². The van der Waals surface area contributed by atoms with Crippen LogP contribution in [0.3, 0.4) is 0 Å². The number of rotatable bonds is 6. The molecule has 0 heterocycles. The van der Waals surface area contributed by atoms with E-state index in [2.05, 4.69) is 0 Å².